The number of aromatic nitrogens is 2. The van der Waals surface area contributed by atoms with Crippen molar-refractivity contribution in [1.82, 2.24) is 9.97 Å². The third kappa shape index (κ3) is 2.68. The van der Waals surface area contributed by atoms with Crippen LogP contribution in [0, 0.1) is 13.8 Å². The van der Waals surface area contributed by atoms with Crippen molar-refractivity contribution in [1.29, 1.82) is 0 Å². The minimum absolute atomic E-state index is 0.0715. The quantitative estimate of drug-likeness (QED) is 0.875. The molecule has 1 heterocycles. The lowest BCUT2D eigenvalue weighted by molar-refractivity contribution is 0.687. The SMILES string of the molecule is Cc1cccc(C)c1CC(N)c1ccncn1. The zero-order valence-electron chi connectivity index (χ0n) is 10.2. The Kier molecular flexibility index (Phi) is 3.49. The zero-order chi connectivity index (χ0) is 12.3. The van der Waals surface area contributed by atoms with Gasteiger partial charge < -0.3 is 5.73 Å². The maximum atomic E-state index is 6.17. The molecule has 2 aromatic rings. The monoisotopic (exact) mass is 227 g/mol. The van der Waals surface area contributed by atoms with Crippen LogP contribution in [0.15, 0.2) is 36.8 Å². The number of nitrogens with two attached hydrogens (primary N) is 1. The van der Waals surface area contributed by atoms with Crippen LogP contribution in [-0.2, 0) is 6.42 Å². The van der Waals surface area contributed by atoms with Crippen molar-refractivity contribution in [2.75, 3.05) is 0 Å². The van der Waals surface area contributed by atoms with E-state index in [1.165, 1.54) is 16.7 Å². The summed E-state index contributed by atoms with van der Waals surface area (Å²) in [6.07, 6.45) is 4.09. The van der Waals surface area contributed by atoms with Gasteiger partial charge in [0.2, 0.25) is 0 Å². The normalized spacial score (nSPS) is 12.4. The van der Waals surface area contributed by atoms with Crippen LogP contribution in [0.1, 0.15) is 28.4 Å². The van der Waals surface area contributed by atoms with Gasteiger partial charge in [0.05, 0.1) is 11.7 Å². The molecule has 1 atom stereocenters. The molecule has 0 saturated carbocycles. The standard InChI is InChI=1S/C14H17N3/c1-10-4-3-5-11(2)12(10)8-13(15)14-6-7-16-9-17-14/h3-7,9,13H,8,15H2,1-2H3. The first-order valence-electron chi connectivity index (χ1n) is 5.75. The van der Waals surface area contributed by atoms with Crippen LogP contribution in [0.3, 0.4) is 0 Å². The molecule has 3 nitrogen and oxygen atoms in total. The Bertz CT molecular complexity index is 474. The van der Waals surface area contributed by atoms with E-state index in [9.17, 15) is 0 Å². The van der Waals surface area contributed by atoms with E-state index in [1.807, 2.05) is 6.07 Å². The number of hydrogen-bond donors (Lipinski definition) is 1. The molecule has 1 aromatic carbocycles. The molecule has 0 amide bonds. The Morgan fingerprint density at radius 1 is 1.18 bits per heavy atom. The molecule has 0 radical (unpaired) electrons. The van der Waals surface area contributed by atoms with Gasteiger partial charge in [-0.05, 0) is 43.0 Å². The zero-order valence-corrected chi connectivity index (χ0v) is 10.2. The van der Waals surface area contributed by atoms with Gasteiger partial charge in [-0.1, -0.05) is 18.2 Å². The minimum atomic E-state index is -0.0715. The van der Waals surface area contributed by atoms with Crippen molar-refractivity contribution >= 4 is 0 Å². The van der Waals surface area contributed by atoms with E-state index in [1.54, 1.807) is 12.5 Å². The molecule has 17 heavy (non-hydrogen) atoms. The highest BCUT2D eigenvalue weighted by Crippen LogP contribution is 2.19. The summed E-state index contributed by atoms with van der Waals surface area (Å²) >= 11 is 0. The van der Waals surface area contributed by atoms with Gasteiger partial charge in [-0.3, -0.25) is 0 Å². The Morgan fingerprint density at radius 3 is 2.47 bits per heavy atom. The predicted molar refractivity (Wildman–Crippen MR) is 68.6 cm³/mol. The lowest BCUT2D eigenvalue weighted by atomic mass is 9.95. The lowest BCUT2D eigenvalue weighted by Gasteiger charge is -2.14. The molecule has 0 fully saturated rings. The van der Waals surface area contributed by atoms with Crippen molar-refractivity contribution in [2.24, 2.45) is 5.73 Å². The summed E-state index contributed by atoms with van der Waals surface area (Å²) in [5.74, 6) is 0. The Hall–Kier alpha value is -1.74. The van der Waals surface area contributed by atoms with E-state index in [0.717, 1.165) is 12.1 Å². The van der Waals surface area contributed by atoms with Crippen LogP contribution in [0.5, 0.6) is 0 Å². The van der Waals surface area contributed by atoms with E-state index in [2.05, 4.69) is 42.0 Å². The van der Waals surface area contributed by atoms with Gasteiger partial charge in [0.15, 0.2) is 0 Å². The molecule has 0 bridgehead atoms. The predicted octanol–water partition coefficient (Wildman–Crippen LogP) is 2.34. The fourth-order valence-corrected chi connectivity index (χ4v) is 2.02. The van der Waals surface area contributed by atoms with Gasteiger partial charge in [-0.2, -0.15) is 0 Å². The summed E-state index contributed by atoms with van der Waals surface area (Å²) in [6, 6.07) is 8.12. The van der Waals surface area contributed by atoms with E-state index in [-0.39, 0.29) is 6.04 Å². The minimum Gasteiger partial charge on any atom is -0.322 e. The molecule has 2 N–H and O–H groups in total. The van der Waals surface area contributed by atoms with Crippen LogP contribution in [0.2, 0.25) is 0 Å². The summed E-state index contributed by atoms with van der Waals surface area (Å²) in [4.78, 5) is 8.10. The van der Waals surface area contributed by atoms with Gasteiger partial charge in [0, 0.05) is 6.20 Å². The summed E-state index contributed by atoms with van der Waals surface area (Å²) in [5, 5.41) is 0. The number of nitrogens with zero attached hydrogens (tertiary/aromatic N) is 2. The van der Waals surface area contributed by atoms with E-state index < -0.39 is 0 Å². The second-order valence-corrected chi connectivity index (χ2v) is 4.32. The van der Waals surface area contributed by atoms with Gasteiger partial charge in [-0.15, -0.1) is 0 Å². The Labute approximate surface area is 102 Å². The fourth-order valence-electron chi connectivity index (χ4n) is 2.02. The van der Waals surface area contributed by atoms with Gasteiger partial charge in [0.25, 0.3) is 0 Å². The molecule has 88 valence electrons. The third-order valence-electron chi connectivity index (χ3n) is 3.05. The average Bonchev–Trinajstić information content (AvgIpc) is 2.35. The number of aryl methyl sites for hydroxylation is 2. The first-order valence-corrected chi connectivity index (χ1v) is 5.75. The van der Waals surface area contributed by atoms with Crippen LogP contribution in [0.25, 0.3) is 0 Å². The van der Waals surface area contributed by atoms with Crippen LogP contribution in [0.4, 0.5) is 0 Å². The highest BCUT2D eigenvalue weighted by atomic mass is 14.8. The first-order chi connectivity index (χ1) is 8.18. The molecule has 2 rings (SSSR count). The Morgan fingerprint density at radius 2 is 1.88 bits per heavy atom. The van der Waals surface area contributed by atoms with Crippen LogP contribution < -0.4 is 5.73 Å². The molecule has 0 spiro atoms. The number of benzene rings is 1. The van der Waals surface area contributed by atoms with E-state index in [4.69, 9.17) is 5.73 Å². The van der Waals surface area contributed by atoms with Gasteiger partial charge in [-0.25, -0.2) is 9.97 Å². The molecular weight excluding hydrogens is 210 g/mol. The van der Waals surface area contributed by atoms with Crippen molar-refractivity contribution in [3.63, 3.8) is 0 Å². The molecular formula is C14H17N3. The Balaban J connectivity index is 2.22. The molecule has 1 aromatic heterocycles. The molecule has 0 aliphatic heterocycles. The van der Waals surface area contributed by atoms with Crippen molar-refractivity contribution in [2.45, 2.75) is 26.3 Å². The highest BCUT2D eigenvalue weighted by Gasteiger charge is 2.11. The number of hydrogen-bond acceptors (Lipinski definition) is 3. The lowest BCUT2D eigenvalue weighted by Crippen LogP contribution is -2.16. The number of rotatable bonds is 3. The van der Waals surface area contributed by atoms with Crippen molar-refractivity contribution in [3.05, 3.63) is 59.2 Å². The average molecular weight is 227 g/mol. The first kappa shape index (κ1) is 11.7. The van der Waals surface area contributed by atoms with Gasteiger partial charge in [0.1, 0.15) is 6.33 Å². The van der Waals surface area contributed by atoms with Crippen molar-refractivity contribution < 1.29 is 0 Å². The summed E-state index contributed by atoms with van der Waals surface area (Å²) < 4.78 is 0. The van der Waals surface area contributed by atoms with Crippen LogP contribution >= 0.6 is 0 Å². The van der Waals surface area contributed by atoms with E-state index in [0.29, 0.717) is 0 Å². The summed E-state index contributed by atoms with van der Waals surface area (Å²) in [5.41, 5.74) is 11.0. The van der Waals surface area contributed by atoms with Gasteiger partial charge >= 0.3 is 0 Å². The third-order valence-corrected chi connectivity index (χ3v) is 3.05. The maximum Gasteiger partial charge on any atom is 0.115 e. The molecule has 0 saturated heterocycles. The maximum absolute atomic E-state index is 6.17. The summed E-state index contributed by atoms with van der Waals surface area (Å²) in [7, 11) is 0. The molecule has 1 unspecified atom stereocenters. The van der Waals surface area contributed by atoms with Crippen LogP contribution in [-0.4, -0.2) is 9.97 Å². The second kappa shape index (κ2) is 5.06. The largest absolute Gasteiger partial charge is 0.322 e. The topological polar surface area (TPSA) is 51.8 Å². The molecule has 3 heteroatoms. The smallest absolute Gasteiger partial charge is 0.115 e. The molecule has 0 aliphatic carbocycles. The highest BCUT2D eigenvalue weighted by molar-refractivity contribution is 5.34. The molecule has 0 aliphatic rings. The van der Waals surface area contributed by atoms with Crippen molar-refractivity contribution in [3.8, 4) is 0 Å². The summed E-state index contributed by atoms with van der Waals surface area (Å²) in [6.45, 7) is 4.24. The second-order valence-electron chi connectivity index (χ2n) is 4.32. The van der Waals surface area contributed by atoms with E-state index >= 15 is 0 Å². The fraction of sp³-hybridized carbons (Fsp3) is 0.286.